The Morgan fingerprint density at radius 1 is 1.29 bits per heavy atom. The van der Waals surface area contributed by atoms with E-state index in [1.54, 1.807) is 11.9 Å². The molecule has 0 aliphatic carbocycles. The standard InChI is InChI=1S/C10H23N3O/c1-9(2,3)12-8(14)13(6)10(4,5)7-11/h7,11H2,1-6H3,(H,12,14). The summed E-state index contributed by atoms with van der Waals surface area (Å²) < 4.78 is 0. The molecule has 14 heavy (non-hydrogen) atoms. The maximum atomic E-state index is 11.7. The van der Waals surface area contributed by atoms with E-state index in [2.05, 4.69) is 5.32 Å². The van der Waals surface area contributed by atoms with E-state index in [-0.39, 0.29) is 17.1 Å². The van der Waals surface area contributed by atoms with Crippen LogP contribution in [0.15, 0.2) is 0 Å². The van der Waals surface area contributed by atoms with Gasteiger partial charge in [-0.2, -0.15) is 0 Å². The summed E-state index contributed by atoms with van der Waals surface area (Å²) in [4.78, 5) is 13.4. The fourth-order valence-corrected chi connectivity index (χ4v) is 0.816. The Morgan fingerprint density at radius 3 is 2.00 bits per heavy atom. The van der Waals surface area contributed by atoms with Crippen LogP contribution < -0.4 is 11.1 Å². The van der Waals surface area contributed by atoms with Crippen LogP contribution in [0.25, 0.3) is 0 Å². The summed E-state index contributed by atoms with van der Waals surface area (Å²) >= 11 is 0. The fourth-order valence-electron chi connectivity index (χ4n) is 0.816. The van der Waals surface area contributed by atoms with Crippen LogP contribution in [0.3, 0.4) is 0 Å². The van der Waals surface area contributed by atoms with E-state index < -0.39 is 0 Å². The summed E-state index contributed by atoms with van der Waals surface area (Å²) in [6, 6.07) is -0.0899. The molecule has 0 bridgehead atoms. The van der Waals surface area contributed by atoms with Crippen LogP contribution in [0.2, 0.25) is 0 Å². The van der Waals surface area contributed by atoms with Gasteiger partial charge in [0.25, 0.3) is 0 Å². The number of amides is 2. The number of urea groups is 1. The van der Waals surface area contributed by atoms with Gasteiger partial charge >= 0.3 is 6.03 Å². The van der Waals surface area contributed by atoms with Gasteiger partial charge in [0.05, 0.1) is 5.54 Å². The van der Waals surface area contributed by atoms with E-state index in [1.165, 1.54) is 0 Å². The first kappa shape index (κ1) is 13.2. The largest absolute Gasteiger partial charge is 0.333 e. The minimum absolute atomic E-state index is 0.0899. The van der Waals surface area contributed by atoms with Crippen molar-refractivity contribution in [2.45, 2.75) is 45.7 Å². The minimum atomic E-state index is -0.310. The van der Waals surface area contributed by atoms with Crippen molar-refractivity contribution < 1.29 is 4.79 Å². The van der Waals surface area contributed by atoms with Crippen molar-refractivity contribution in [3.8, 4) is 0 Å². The zero-order valence-corrected chi connectivity index (χ0v) is 10.1. The molecule has 0 spiro atoms. The lowest BCUT2D eigenvalue weighted by molar-refractivity contribution is 0.152. The van der Waals surface area contributed by atoms with E-state index in [9.17, 15) is 4.79 Å². The molecular formula is C10H23N3O. The second kappa shape index (κ2) is 4.17. The predicted molar refractivity (Wildman–Crippen MR) is 59.2 cm³/mol. The summed E-state index contributed by atoms with van der Waals surface area (Å²) in [5.74, 6) is 0. The molecule has 0 atom stereocenters. The maximum Gasteiger partial charge on any atom is 0.318 e. The highest BCUT2D eigenvalue weighted by atomic mass is 16.2. The van der Waals surface area contributed by atoms with Crippen LogP contribution in [0.4, 0.5) is 4.79 Å². The summed E-state index contributed by atoms with van der Waals surface area (Å²) in [6.45, 7) is 10.2. The monoisotopic (exact) mass is 201 g/mol. The molecule has 0 radical (unpaired) electrons. The Hall–Kier alpha value is -0.770. The molecule has 3 N–H and O–H groups in total. The van der Waals surface area contributed by atoms with Crippen LogP contribution in [-0.4, -0.2) is 35.6 Å². The van der Waals surface area contributed by atoms with Gasteiger partial charge in [-0.15, -0.1) is 0 Å². The van der Waals surface area contributed by atoms with Gasteiger partial charge in [-0.3, -0.25) is 0 Å². The maximum absolute atomic E-state index is 11.7. The Labute approximate surface area is 86.8 Å². The van der Waals surface area contributed by atoms with Crippen LogP contribution >= 0.6 is 0 Å². The van der Waals surface area contributed by atoms with Crippen molar-refractivity contribution >= 4 is 6.03 Å². The van der Waals surface area contributed by atoms with Crippen molar-refractivity contribution in [1.29, 1.82) is 0 Å². The second-order valence-electron chi connectivity index (χ2n) is 5.26. The lowest BCUT2D eigenvalue weighted by Gasteiger charge is -2.36. The first-order chi connectivity index (χ1) is 6.10. The molecule has 4 nitrogen and oxygen atoms in total. The van der Waals surface area contributed by atoms with Crippen molar-refractivity contribution in [2.24, 2.45) is 5.73 Å². The third kappa shape index (κ3) is 3.96. The highest BCUT2D eigenvalue weighted by Crippen LogP contribution is 2.11. The molecule has 0 aromatic rings. The summed E-state index contributed by atoms with van der Waals surface area (Å²) in [5.41, 5.74) is 5.06. The van der Waals surface area contributed by atoms with E-state index in [0.29, 0.717) is 6.54 Å². The van der Waals surface area contributed by atoms with Gasteiger partial charge in [-0.05, 0) is 34.6 Å². The van der Waals surface area contributed by atoms with Gasteiger partial charge in [-0.1, -0.05) is 0 Å². The third-order valence-corrected chi connectivity index (χ3v) is 2.19. The highest BCUT2D eigenvalue weighted by molar-refractivity contribution is 5.75. The Balaban J connectivity index is 4.41. The van der Waals surface area contributed by atoms with Crippen LogP contribution in [-0.2, 0) is 0 Å². The van der Waals surface area contributed by atoms with Crippen molar-refractivity contribution in [3.63, 3.8) is 0 Å². The molecule has 0 aromatic heterocycles. The van der Waals surface area contributed by atoms with Gasteiger partial charge in [0, 0.05) is 19.1 Å². The van der Waals surface area contributed by atoms with Crippen LogP contribution in [0.1, 0.15) is 34.6 Å². The second-order valence-corrected chi connectivity index (χ2v) is 5.26. The minimum Gasteiger partial charge on any atom is -0.333 e. The van der Waals surface area contributed by atoms with E-state index in [1.807, 2.05) is 34.6 Å². The Kier molecular flexibility index (Phi) is 3.94. The number of likely N-dealkylation sites (N-methyl/N-ethyl adjacent to an activating group) is 1. The summed E-state index contributed by atoms with van der Waals surface area (Å²) in [6.07, 6.45) is 0. The molecule has 0 saturated heterocycles. The molecule has 84 valence electrons. The van der Waals surface area contributed by atoms with Crippen molar-refractivity contribution in [2.75, 3.05) is 13.6 Å². The lowest BCUT2D eigenvalue weighted by Crippen LogP contribution is -2.56. The SMILES string of the molecule is CN(C(=O)NC(C)(C)C)C(C)(C)CN. The quantitative estimate of drug-likeness (QED) is 0.704. The van der Waals surface area contributed by atoms with Gasteiger partial charge in [0.15, 0.2) is 0 Å². The van der Waals surface area contributed by atoms with E-state index >= 15 is 0 Å². The molecule has 4 heteroatoms. The normalized spacial score (nSPS) is 12.5. The number of rotatable bonds is 2. The zero-order valence-electron chi connectivity index (χ0n) is 10.1. The first-order valence-electron chi connectivity index (χ1n) is 4.86. The van der Waals surface area contributed by atoms with E-state index in [4.69, 9.17) is 5.73 Å². The van der Waals surface area contributed by atoms with E-state index in [0.717, 1.165) is 0 Å². The number of carbonyl (C=O) groups excluding carboxylic acids is 1. The number of carbonyl (C=O) groups is 1. The van der Waals surface area contributed by atoms with Crippen molar-refractivity contribution in [3.05, 3.63) is 0 Å². The zero-order chi connectivity index (χ0) is 11.6. The average molecular weight is 201 g/mol. The number of hydrogen-bond acceptors (Lipinski definition) is 2. The molecule has 2 amide bonds. The van der Waals surface area contributed by atoms with Gasteiger partial charge in [0.2, 0.25) is 0 Å². The fraction of sp³-hybridized carbons (Fsp3) is 0.900. The van der Waals surface area contributed by atoms with Gasteiger partial charge in [0.1, 0.15) is 0 Å². The first-order valence-corrected chi connectivity index (χ1v) is 4.86. The van der Waals surface area contributed by atoms with Crippen LogP contribution in [0.5, 0.6) is 0 Å². The summed E-state index contributed by atoms with van der Waals surface area (Å²) in [5, 5.41) is 2.89. The molecular weight excluding hydrogens is 178 g/mol. The highest BCUT2D eigenvalue weighted by Gasteiger charge is 2.27. The number of hydrogen-bond donors (Lipinski definition) is 2. The van der Waals surface area contributed by atoms with Crippen LogP contribution in [0, 0.1) is 0 Å². The third-order valence-electron chi connectivity index (χ3n) is 2.19. The molecule has 0 heterocycles. The summed E-state index contributed by atoms with van der Waals surface area (Å²) in [7, 11) is 1.76. The molecule has 0 unspecified atom stereocenters. The molecule has 0 saturated carbocycles. The molecule has 0 aliphatic heterocycles. The number of nitrogens with two attached hydrogens (primary N) is 1. The number of nitrogens with zero attached hydrogens (tertiary/aromatic N) is 1. The average Bonchev–Trinajstić information content (AvgIpc) is 2.00. The van der Waals surface area contributed by atoms with Gasteiger partial charge < -0.3 is 16.0 Å². The number of nitrogens with one attached hydrogen (secondary N) is 1. The van der Waals surface area contributed by atoms with Crippen molar-refractivity contribution in [1.82, 2.24) is 10.2 Å². The Bertz CT molecular complexity index is 206. The molecule has 0 aromatic carbocycles. The topological polar surface area (TPSA) is 58.4 Å². The van der Waals surface area contributed by atoms with Gasteiger partial charge in [-0.25, -0.2) is 4.79 Å². The lowest BCUT2D eigenvalue weighted by atomic mass is 10.0. The predicted octanol–water partition coefficient (Wildman–Crippen LogP) is 1.16. The molecule has 0 rings (SSSR count). The Morgan fingerprint density at radius 2 is 1.71 bits per heavy atom. The molecule has 0 aliphatic rings. The molecule has 0 fully saturated rings. The smallest absolute Gasteiger partial charge is 0.318 e.